The summed E-state index contributed by atoms with van der Waals surface area (Å²) in [5.74, 6) is 0. The van der Waals surface area contributed by atoms with Crippen molar-refractivity contribution >= 4 is 15.9 Å². The maximum Gasteiger partial charge on any atom is 0.0723 e. The van der Waals surface area contributed by atoms with Crippen LogP contribution in [0.5, 0.6) is 0 Å². The summed E-state index contributed by atoms with van der Waals surface area (Å²) in [6, 6.07) is 0. The second-order valence-electron chi connectivity index (χ2n) is 2.77. The zero-order chi connectivity index (χ0) is 8.74. The molecular weight excluding hydrogens is 208 g/mol. The monoisotopic (exact) mass is 224 g/mol. The lowest BCUT2D eigenvalue weighted by molar-refractivity contribution is 0.102. The molecule has 3 heteroatoms. The van der Waals surface area contributed by atoms with Crippen LogP contribution in [0.1, 0.15) is 19.8 Å². The van der Waals surface area contributed by atoms with Gasteiger partial charge in [0.25, 0.3) is 0 Å². The van der Waals surface area contributed by atoms with E-state index in [-0.39, 0.29) is 4.32 Å². The van der Waals surface area contributed by atoms with Crippen LogP contribution in [0.3, 0.4) is 0 Å². The summed E-state index contributed by atoms with van der Waals surface area (Å²) in [6.07, 6.45) is 2.21. The number of methoxy groups -OCH3 is 2. The molecule has 0 aromatic heterocycles. The molecule has 0 radical (unpaired) electrons. The number of rotatable bonds is 6. The van der Waals surface area contributed by atoms with Crippen LogP contribution in [-0.2, 0) is 9.47 Å². The largest absolute Gasteiger partial charge is 0.383 e. The van der Waals surface area contributed by atoms with E-state index in [1.807, 2.05) is 0 Å². The summed E-state index contributed by atoms with van der Waals surface area (Å²) in [5.41, 5.74) is 0. The highest BCUT2D eigenvalue weighted by molar-refractivity contribution is 9.10. The minimum Gasteiger partial charge on any atom is -0.383 e. The summed E-state index contributed by atoms with van der Waals surface area (Å²) in [5, 5.41) is 0. The first-order valence-electron chi connectivity index (χ1n) is 3.85. The molecule has 11 heavy (non-hydrogen) atoms. The van der Waals surface area contributed by atoms with Crippen molar-refractivity contribution in [3.63, 3.8) is 0 Å². The molecule has 0 rings (SSSR count). The molecule has 0 heterocycles. The first-order valence-corrected chi connectivity index (χ1v) is 4.64. The van der Waals surface area contributed by atoms with Gasteiger partial charge in [-0.05, 0) is 6.42 Å². The molecule has 0 unspecified atom stereocenters. The first-order chi connectivity index (χ1) is 5.18. The second kappa shape index (κ2) is 5.98. The highest BCUT2D eigenvalue weighted by atomic mass is 79.9. The van der Waals surface area contributed by atoms with Crippen LogP contribution >= 0.6 is 15.9 Å². The molecule has 0 fully saturated rings. The molecule has 0 aliphatic rings. The fraction of sp³-hybridized carbons (Fsp3) is 1.00. The maximum atomic E-state index is 5.09. The standard InChI is InChI=1S/C8H17BrO2/c1-4-5-8(9,6-10-2)7-11-3/h4-7H2,1-3H3. The molecule has 0 aliphatic heterocycles. The average molecular weight is 225 g/mol. The summed E-state index contributed by atoms with van der Waals surface area (Å²) >= 11 is 3.62. The van der Waals surface area contributed by atoms with E-state index in [0.29, 0.717) is 13.2 Å². The van der Waals surface area contributed by atoms with Gasteiger partial charge in [0.05, 0.1) is 17.5 Å². The molecular formula is C8H17BrO2. The molecule has 0 aliphatic carbocycles. The van der Waals surface area contributed by atoms with Crippen LogP contribution in [0, 0.1) is 0 Å². The third kappa shape index (κ3) is 4.77. The van der Waals surface area contributed by atoms with Gasteiger partial charge < -0.3 is 9.47 Å². The second-order valence-corrected chi connectivity index (χ2v) is 4.45. The molecule has 68 valence electrons. The van der Waals surface area contributed by atoms with E-state index in [2.05, 4.69) is 22.9 Å². The van der Waals surface area contributed by atoms with Crippen molar-refractivity contribution in [3.8, 4) is 0 Å². The topological polar surface area (TPSA) is 18.5 Å². The number of ether oxygens (including phenoxy) is 2. The molecule has 0 aromatic carbocycles. The zero-order valence-corrected chi connectivity index (χ0v) is 9.11. The Balaban J connectivity index is 3.79. The lowest BCUT2D eigenvalue weighted by atomic mass is 10.1. The van der Waals surface area contributed by atoms with E-state index >= 15 is 0 Å². The van der Waals surface area contributed by atoms with Crippen LogP contribution in [0.4, 0.5) is 0 Å². The van der Waals surface area contributed by atoms with Crippen molar-refractivity contribution in [2.24, 2.45) is 0 Å². The predicted molar refractivity (Wildman–Crippen MR) is 50.3 cm³/mol. The average Bonchev–Trinajstić information content (AvgIpc) is 1.88. The van der Waals surface area contributed by atoms with Gasteiger partial charge in [-0.2, -0.15) is 0 Å². The molecule has 0 atom stereocenters. The van der Waals surface area contributed by atoms with Gasteiger partial charge in [-0.15, -0.1) is 0 Å². The summed E-state index contributed by atoms with van der Waals surface area (Å²) in [7, 11) is 3.42. The Bertz CT molecular complexity index is 79.1. The normalized spacial score (nSPS) is 12.0. The van der Waals surface area contributed by atoms with E-state index < -0.39 is 0 Å². The molecule has 0 aromatic rings. The maximum absolute atomic E-state index is 5.09. The van der Waals surface area contributed by atoms with Gasteiger partial charge >= 0.3 is 0 Å². The van der Waals surface area contributed by atoms with Crippen molar-refractivity contribution < 1.29 is 9.47 Å². The molecule has 2 nitrogen and oxygen atoms in total. The Kier molecular flexibility index (Phi) is 6.19. The van der Waals surface area contributed by atoms with Gasteiger partial charge in [0.15, 0.2) is 0 Å². The zero-order valence-electron chi connectivity index (χ0n) is 7.52. The smallest absolute Gasteiger partial charge is 0.0723 e. The van der Waals surface area contributed by atoms with Crippen molar-refractivity contribution in [2.75, 3.05) is 27.4 Å². The van der Waals surface area contributed by atoms with Gasteiger partial charge in [0.2, 0.25) is 0 Å². The van der Waals surface area contributed by atoms with E-state index in [4.69, 9.17) is 9.47 Å². The predicted octanol–water partition coefficient (Wildman–Crippen LogP) is 2.21. The molecule has 0 bridgehead atoms. The third-order valence-corrected chi connectivity index (χ3v) is 2.36. The number of halogens is 1. The fourth-order valence-electron chi connectivity index (χ4n) is 1.15. The van der Waals surface area contributed by atoms with Gasteiger partial charge in [-0.25, -0.2) is 0 Å². The lowest BCUT2D eigenvalue weighted by Gasteiger charge is -2.24. The van der Waals surface area contributed by atoms with Crippen molar-refractivity contribution in [1.29, 1.82) is 0 Å². The van der Waals surface area contributed by atoms with Crippen LogP contribution in [0.25, 0.3) is 0 Å². The first kappa shape index (κ1) is 11.4. The SMILES string of the molecule is CCCC(Br)(COC)COC. The van der Waals surface area contributed by atoms with Crippen molar-refractivity contribution in [2.45, 2.75) is 24.1 Å². The minimum atomic E-state index is 0.0191. The molecule has 0 saturated heterocycles. The van der Waals surface area contributed by atoms with E-state index in [9.17, 15) is 0 Å². The van der Waals surface area contributed by atoms with Crippen LogP contribution in [-0.4, -0.2) is 31.8 Å². The lowest BCUT2D eigenvalue weighted by Crippen LogP contribution is -2.32. The van der Waals surface area contributed by atoms with Crippen LogP contribution in [0.2, 0.25) is 0 Å². The summed E-state index contributed by atoms with van der Waals surface area (Å²) in [6.45, 7) is 3.56. The molecule has 0 N–H and O–H groups in total. The van der Waals surface area contributed by atoms with Crippen molar-refractivity contribution in [3.05, 3.63) is 0 Å². The number of hydrogen-bond acceptors (Lipinski definition) is 2. The number of hydrogen-bond donors (Lipinski definition) is 0. The summed E-state index contributed by atoms with van der Waals surface area (Å²) < 4.78 is 10.2. The van der Waals surface area contributed by atoms with E-state index in [1.165, 1.54) is 0 Å². The quantitative estimate of drug-likeness (QED) is 0.645. The van der Waals surface area contributed by atoms with E-state index in [1.54, 1.807) is 14.2 Å². The van der Waals surface area contributed by atoms with Gasteiger partial charge in [-0.3, -0.25) is 0 Å². The highest BCUT2D eigenvalue weighted by Crippen LogP contribution is 2.24. The van der Waals surface area contributed by atoms with Gasteiger partial charge in [0, 0.05) is 14.2 Å². The Morgan fingerprint density at radius 1 is 1.18 bits per heavy atom. The Hall–Kier alpha value is 0.400. The highest BCUT2D eigenvalue weighted by Gasteiger charge is 2.25. The fourth-order valence-corrected chi connectivity index (χ4v) is 2.01. The molecule has 0 spiro atoms. The molecule has 0 amide bonds. The van der Waals surface area contributed by atoms with Gasteiger partial charge in [-0.1, -0.05) is 29.3 Å². The number of alkyl halides is 1. The van der Waals surface area contributed by atoms with Crippen LogP contribution < -0.4 is 0 Å². The third-order valence-electron chi connectivity index (χ3n) is 1.50. The summed E-state index contributed by atoms with van der Waals surface area (Å²) in [4.78, 5) is 0. The molecule has 0 saturated carbocycles. The van der Waals surface area contributed by atoms with Crippen LogP contribution in [0.15, 0.2) is 0 Å². The Morgan fingerprint density at radius 3 is 1.91 bits per heavy atom. The minimum absolute atomic E-state index is 0.0191. The Labute approximate surface area is 77.4 Å². The van der Waals surface area contributed by atoms with E-state index in [0.717, 1.165) is 12.8 Å². The Morgan fingerprint density at radius 2 is 1.64 bits per heavy atom. The van der Waals surface area contributed by atoms with Gasteiger partial charge in [0.1, 0.15) is 0 Å². The van der Waals surface area contributed by atoms with Crippen molar-refractivity contribution in [1.82, 2.24) is 0 Å².